The van der Waals surface area contributed by atoms with Crippen LogP contribution in [0.25, 0.3) is 0 Å². The van der Waals surface area contributed by atoms with Gasteiger partial charge in [-0.2, -0.15) is 0 Å². The lowest BCUT2D eigenvalue weighted by Crippen LogP contribution is -2.02. The molecular formula is C36H46N8. The van der Waals surface area contributed by atoms with Crippen LogP contribution >= 0.6 is 0 Å². The minimum atomic E-state index is 0.570. The van der Waals surface area contributed by atoms with Gasteiger partial charge in [-0.25, -0.2) is 0 Å². The van der Waals surface area contributed by atoms with Crippen molar-refractivity contribution in [2.45, 2.75) is 25.7 Å². The van der Waals surface area contributed by atoms with Gasteiger partial charge < -0.3 is 11.5 Å². The van der Waals surface area contributed by atoms with Crippen molar-refractivity contribution in [2.75, 3.05) is 52.4 Å². The molecule has 0 aliphatic carbocycles. The van der Waals surface area contributed by atoms with E-state index in [1.165, 1.54) is 0 Å². The average Bonchev–Trinajstić information content (AvgIpc) is 3.06. The Morgan fingerprint density at radius 2 is 0.500 bits per heavy atom. The van der Waals surface area contributed by atoms with Crippen molar-refractivity contribution in [3.63, 3.8) is 0 Å². The molecule has 0 saturated carbocycles. The first-order chi connectivity index (χ1) is 21.8. The largest absolute Gasteiger partial charge is 0.329 e. The van der Waals surface area contributed by atoms with Crippen molar-refractivity contribution in [1.29, 1.82) is 0 Å². The molecule has 4 N–H and O–H groups in total. The first kappa shape index (κ1) is 34.1. The monoisotopic (exact) mass is 590 g/mol. The van der Waals surface area contributed by atoms with Crippen molar-refractivity contribution < 1.29 is 0 Å². The Labute approximate surface area is 262 Å². The summed E-state index contributed by atoms with van der Waals surface area (Å²) in [4.78, 5) is 26.7. The number of unbranched alkanes of at least 4 members (excludes halogenated alkanes) is 2. The Morgan fingerprint density at radius 1 is 0.318 bits per heavy atom. The molecule has 0 atom stereocenters. The highest BCUT2D eigenvalue weighted by Gasteiger charge is 1.93. The molecule has 8 heteroatoms. The molecule has 3 rings (SSSR count). The second kappa shape index (κ2) is 22.2. The second-order valence-electron chi connectivity index (χ2n) is 10.2. The Balaban J connectivity index is 1.22. The molecule has 0 saturated heterocycles. The zero-order valence-corrected chi connectivity index (χ0v) is 25.7. The van der Waals surface area contributed by atoms with Gasteiger partial charge in [-0.1, -0.05) is 72.8 Å². The summed E-state index contributed by atoms with van der Waals surface area (Å²) in [6.07, 6.45) is 15.5. The third kappa shape index (κ3) is 15.2. The highest BCUT2D eigenvalue weighted by molar-refractivity contribution is 5.85. The van der Waals surface area contributed by atoms with Gasteiger partial charge in [-0.05, 0) is 59.1 Å². The van der Waals surface area contributed by atoms with Gasteiger partial charge in [0.25, 0.3) is 0 Å². The fourth-order valence-electron chi connectivity index (χ4n) is 3.99. The number of benzene rings is 3. The van der Waals surface area contributed by atoms with E-state index in [-0.39, 0.29) is 0 Å². The Bertz CT molecular complexity index is 1250. The Hall–Kier alpha value is -4.40. The minimum absolute atomic E-state index is 0.570. The van der Waals surface area contributed by atoms with Crippen LogP contribution in [0.15, 0.2) is 103 Å². The summed E-state index contributed by atoms with van der Waals surface area (Å²) >= 11 is 0. The van der Waals surface area contributed by atoms with Crippen LogP contribution in [0.4, 0.5) is 0 Å². The van der Waals surface area contributed by atoms with Gasteiger partial charge in [-0.3, -0.25) is 30.0 Å². The highest BCUT2D eigenvalue weighted by Crippen LogP contribution is 2.04. The summed E-state index contributed by atoms with van der Waals surface area (Å²) in [5.74, 6) is 0. The molecule has 230 valence electrons. The molecule has 0 aromatic heterocycles. The molecule has 3 aromatic carbocycles. The fourth-order valence-corrected chi connectivity index (χ4v) is 3.99. The van der Waals surface area contributed by atoms with Gasteiger partial charge in [0.15, 0.2) is 0 Å². The SMILES string of the molecule is NCCN=Cc1ccc(C=NCCCCN=Cc2ccc(C=NCCCCN=Cc3ccc(C=NCCN)cc3)cc2)cc1. The number of rotatable bonds is 20. The van der Waals surface area contributed by atoms with Crippen LogP contribution in [0.1, 0.15) is 59.1 Å². The van der Waals surface area contributed by atoms with Crippen LogP contribution < -0.4 is 11.5 Å². The Morgan fingerprint density at radius 3 is 0.682 bits per heavy atom. The normalized spacial score (nSPS) is 12.4. The molecule has 3 aromatic rings. The minimum Gasteiger partial charge on any atom is -0.329 e. The summed E-state index contributed by atoms with van der Waals surface area (Å²) in [7, 11) is 0. The molecule has 8 nitrogen and oxygen atoms in total. The van der Waals surface area contributed by atoms with E-state index in [4.69, 9.17) is 11.5 Å². The summed E-state index contributed by atoms with van der Waals surface area (Å²) in [6.45, 7) is 5.66. The van der Waals surface area contributed by atoms with E-state index in [0.29, 0.717) is 26.2 Å². The van der Waals surface area contributed by atoms with E-state index in [9.17, 15) is 0 Å². The van der Waals surface area contributed by atoms with Crippen molar-refractivity contribution in [1.82, 2.24) is 0 Å². The van der Waals surface area contributed by atoms with E-state index in [1.54, 1.807) is 0 Å². The molecule has 44 heavy (non-hydrogen) atoms. The first-order valence-corrected chi connectivity index (χ1v) is 15.5. The predicted molar refractivity (Wildman–Crippen MR) is 191 cm³/mol. The number of nitrogens with zero attached hydrogens (tertiary/aromatic N) is 6. The molecule has 0 radical (unpaired) electrons. The van der Waals surface area contributed by atoms with Gasteiger partial charge in [0, 0.05) is 76.6 Å². The first-order valence-electron chi connectivity index (χ1n) is 15.5. The zero-order valence-electron chi connectivity index (χ0n) is 25.7. The summed E-state index contributed by atoms with van der Waals surface area (Å²) in [5, 5.41) is 0. The molecule has 0 aliphatic heterocycles. The topological polar surface area (TPSA) is 126 Å². The predicted octanol–water partition coefficient (Wildman–Crippen LogP) is 5.08. The smallest absolute Gasteiger partial charge is 0.0512 e. The molecule has 0 aliphatic rings. The van der Waals surface area contributed by atoms with Crippen molar-refractivity contribution in [3.8, 4) is 0 Å². The van der Waals surface area contributed by atoms with Gasteiger partial charge in [-0.15, -0.1) is 0 Å². The molecular weight excluding hydrogens is 544 g/mol. The fraction of sp³-hybridized carbons (Fsp3) is 0.333. The quantitative estimate of drug-likeness (QED) is 0.141. The highest BCUT2D eigenvalue weighted by atomic mass is 14.7. The van der Waals surface area contributed by atoms with Crippen LogP contribution in [-0.2, 0) is 0 Å². The van der Waals surface area contributed by atoms with Crippen LogP contribution in [-0.4, -0.2) is 89.6 Å². The third-order valence-electron chi connectivity index (χ3n) is 6.42. The van der Waals surface area contributed by atoms with Crippen LogP contribution in [0.5, 0.6) is 0 Å². The van der Waals surface area contributed by atoms with Crippen LogP contribution in [0.3, 0.4) is 0 Å². The van der Waals surface area contributed by atoms with Gasteiger partial charge in [0.1, 0.15) is 0 Å². The average molecular weight is 591 g/mol. The molecule has 0 bridgehead atoms. The summed E-state index contributed by atoms with van der Waals surface area (Å²) < 4.78 is 0. The van der Waals surface area contributed by atoms with Crippen molar-refractivity contribution in [2.24, 2.45) is 41.4 Å². The lowest BCUT2D eigenvalue weighted by Gasteiger charge is -1.98. The summed E-state index contributed by atoms with van der Waals surface area (Å²) in [6, 6.07) is 24.7. The third-order valence-corrected chi connectivity index (χ3v) is 6.42. The zero-order chi connectivity index (χ0) is 30.9. The molecule has 0 heterocycles. The van der Waals surface area contributed by atoms with Crippen molar-refractivity contribution in [3.05, 3.63) is 106 Å². The molecule has 0 fully saturated rings. The maximum absolute atomic E-state index is 5.46. The lowest BCUT2D eigenvalue weighted by molar-refractivity contribution is 0.760. The number of hydrogen-bond acceptors (Lipinski definition) is 8. The maximum Gasteiger partial charge on any atom is 0.0512 e. The van der Waals surface area contributed by atoms with E-state index in [0.717, 1.165) is 85.2 Å². The van der Waals surface area contributed by atoms with Gasteiger partial charge in [0.2, 0.25) is 0 Å². The molecule has 0 amide bonds. The van der Waals surface area contributed by atoms with E-state index < -0.39 is 0 Å². The van der Waals surface area contributed by atoms with Crippen LogP contribution in [0, 0.1) is 0 Å². The van der Waals surface area contributed by atoms with E-state index in [2.05, 4.69) is 78.5 Å². The molecule has 0 spiro atoms. The second-order valence-corrected chi connectivity index (χ2v) is 10.2. The van der Waals surface area contributed by atoms with E-state index in [1.807, 2.05) is 61.6 Å². The Kier molecular flexibility index (Phi) is 17.2. The van der Waals surface area contributed by atoms with E-state index >= 15 is 0 Å². The van der Waals surface area contributed by atoms with Crippen molar-refractivity contribution >= 4 is 37.3 Å². The number of hydrogen-bond donors (Lipinski definition) is 2. The van der Waals surface area contributed by atoms with Crippen LogP contribution in [0.2, 0.25) is 0 Å². The molecule has 0 unspecified atom stereocenters. The number of aliphatic imine (C=N–C) groups is 6. The standard InChI is InChI=1S/C36H46N8/c37-17-23-43-29-35-13-9-33(10-14-35)27-41-21-3-1-19-39-25-31-5-7-32(8-6-31)26-40-20-2-4-22-42-28-34-11-15-36(16-12-34)30-44-24-18-38/h5-16,25-30H,1-4,17-24,37-38H2. The lowest BCUT2D eigenvalue weighted by atomic mass is 10.1. The van der Waals surface area contributed by atoms with Gasteiger partial charge >= 0.3 is 0 Å². The number of nitrogens with two attached hydrogens (primary N) is 2. The van der Waals surface area contributed by atoms with Gasteiger partial charge in [0.05, 0.1) is 13.1 Å². The summed E-state index contributed by atoms with van der Waals surface area (Å²) in [5.41, 5.74) is 17.5. The maximum atomic E-state index is 5.46.